The van der Waals surface area contributed by atoms with Gasteiger partial charge in [0.15, 0.2) is 0 Å². The molecule has 0 aliphatic carbocycles. The van der Waals surface area contributed by atoms with Crippen LogP contribution in [0.1, 0.15) is 17.9 Å². The van der Waals surface area contributed by atoms with E-state index in [-0.39, 0.29) is 11.8 Å². The summed E-state index contributed by atoms with van der Waals surface area (Å²) in [7, 11) is 0. The van der Waals surface area contributed by atoms with Crippen LogP contribution in [0.5, 0.6) is 0 Å². The minimum atomic E-state index is 0.112. The molecule has 5 nitrogen and oxygen atoms in total. The molecule has 0 bridgehead atoms. The summed E-state index contributed by atoms with van der Waals surface area (Å²) < 4.78 is 0. The van der Waals surface area contributed by atoms with Crippen molar-refractivity contribution in [2.24, 2.45) is 5.92 Å². The molecule has 1 aliphatic rings. The number of amides is 1. The highest BCUT2D eigenvalue weighted by Gasteiger charge is 2.21. The fraction of sp³-hybridized carbons (Fsp3) is 0.545. The maximum Gasteiger partial charge on any atom is 0.224 e. The van der Waals surface area contributed by atoms with E-state index in [2.05, 4.69) is 20.6 Å². The van der Waals surface area contributed by atoms with E-state index in [0.29, 0.717) is 6.54 Å². The third-order valence-electron chi connectivity index (χ3n) is 2.71. The lowest BCUT2D eigenvalue weighted by Crippen LogP contribution is -2.31. The average molecular weight is 220 g/mol. The quantitative estimate of drug-likeness (QED) is 0.753. The molecule has 1 unspecified atom stereocenters. The first kappa shape index (κ1) is 11.0. The van der Waals surface area contributed by atoms with Crippen LogP contribution in [0, 0.1) is 12.8 Å². The smallest absolute Gasteiger partial charge is 0.224 e. The summed E-state index contributed by atoms with van der Waals surface area (Å²) in [6.07, 6.45) is 2.63. The lowest BCUT2D eigenvalue weighted by molar-refractivity contribution is -0.124. The van der Waals surface area contributed by atoms with Crippen LogP contribution in [0.25, 0.3) is 0 Å². The molecular weight excluding hydrogens is 204 g/mol. The Morgan fingerprint density at radius 3 is 3.25 bits per heavy atom. The van der Waals surface area contributed by atoms with Gasteiger partial charge < -0.3 is 10.6 Å². The Balaban J connectivity index is 1.84. The van der Waals surface area contributed by atoms with Gasteiger partial charge in [-0.15, -0.1) is 0 Å². The van der Waals surface area contributed by atoms with Gasteiger partial charge >= 0.3 is 0 Å². The van der Waals surface area contributed by atoms with Gasteiger partial charge in [0.2, 0.25) is 5.91 Å². The van der Waals surface area contributed by atoms with E-state index in [1.807, 2.05) is 13.0 Å². The van der Waals surface area contributed by atoms with Crippen molar-refractivity contribution < 1.29 is 4.79 Å². The van der Waals surface area contributed by atoms with Crippen molar-refractivity contribution in [2.75, 3.05) is 13.1 Å². The molecule has 16 heavy (non-hydrogen) atoms. The molecule has 1 aliphatic heterocycles. The van der Waals surface area contributed by atoms with E-state index in [4.69, 9.17) is 0 Å². The first-order valence-electron chi connectivity index (χ1n) is 5.52. The van der Waals surface area contributed by atoms with Crippen molar-refractivity contribution in [3.8, 4) is 0 Å². The molecule has 1 saturated heterocycles. The standard InChI is InChI=1S/C11H16N4O/c1-8-13-5-3-10(15-8)7-14-11(16)9-2-4-12-6-9/h3,5,9,12H,2,4,6-7H2,1H3,(H,14,16). The zero-order chi connectivity index (χ0) is 11.4. The number of hydrogen-bond acceptors (Lipinski definition) is 4. The van der Waals surface area contributed by atoms with Crippen molar-refractivity contribution in [3.05, 3.63) is 23.8 Å². The van der Waals surface area contributed by atoms with E-state index in [9.17, 15) is 4.79 Å². The SMILES string of the molecule is Cc1nccc(CNC(=O)C2CCNC2)n1. The van der Waals surface area contributed by atoms with Crippen LogP contribution in [-0.4, -0.2) is 29.0 Å². The number of aromatic nitrogens is 2. The zero-order valence-electron chi connectivity index (χ0n) is 9.36. The van der Waals surface area contributed by atoms with Gasteiger partial charge in [0, 0.05) is 12.7 Å². The minimum absolute atomic E-state index is 0.112. The third kappa shape index (κ3) is 2.76. The third-order valence-corrected chi connectivity index (χ3v) is 2.71. The predicted molar refractivity (Wildman–Crippen MR) is 59.6 cm³/mol. The fourth-order valence-electron chi connectivity index (χ4n) is 1.80. The Hall–Kier alpha value is -1.49. The summed E-state index contributed by atoms with van der Waals surface area (Å²) in [5, 5.41) is 6.07. The Morgan fingerprint density at radius 2 is 2.56 bits per heavy atom. The lowest BCUT2D eigenvalue weighted by atomic mass is 10.1. The number of carbonyl (C=O) groups is 1. The van der Waals surface area contributed by atoms with Crippen LogP contribution in [-0.2, 0) is 11.3 Å². The number of nitrogens with zero attached hydrogens (tertiary/aromatic N) is 2. The van der Waals surface area contributed by atoms with Crippen molar-refractivity contribution in [1.82, 2.24) is 20.6 Å². The normalized spacial score (nSPS) is 19.7. The second-order valence-electron chi connectivity index (χ2n) is 4.00. The molecule has 2 rings (SSSR count). The Morgan fingerprint density at radius 1 is 1.69 bits per heavy atom. The highest BCUT2D eigenvalue weighted by Crippen LogP contribution is 2.07. The van der Waals surface area contributed by atoms with Gasteiger partial charge in [-0.05, 0) is 26.0 Å². The van der Waals surface area contributed by atoms with Gasteiger partial charge in [0.25, 0.3) is 0 Å². The lowest BCUT2D eigenvalue weighted by Gasteiger charge is -2.09. The summed E-state index contributed by atoms with van der Waals surface area (Å²) in [6.45, 7) is 4.05. The van der Waals surface area contributed by atoms with Crippen molar-refractivity contribution in [2.45, 2.75) is 19.9 Å². The highest BCUT2D eigenvalue weighted by atomic mass is 16.1. The molecular formula is C11H16N4O. The van der Waals surface area contributed by atoms with Crippen molar-refractivity contribution in [3.63, 3.8) is 0 Å². The summed E-state index contributed by atoms with van der Waals surface area (Å²) in [6, 6.07) is 1.82. The molecule has 1 atom stereocenters. The molecule has 1 amide bonds. The summed E-state index contributed by atoms with van der Waals surface area (Å²) >= 11 is 0. The fourth-order valence-corrected chi connectivity index (χ4v) is 1.80. The highest BCUT2D eigenvalue weighted by molar-refractivity contribution is 5.79. The molecule has 0 aromatic carbocycles. The molecule has 2 N–H and O–H groups in total. The van der Waals surface area contributed by atoms with Gasteiger partial charge in [0.05, 0.1) is 18.2 Å². The first-order chi connectivity index (χ1) is 7.75. The number of carbonyl (C=O) groups excluding carboxylic acids is 1. The molecule has 0 spiro atoms. The van der Waals surface area contributed by atoms with Crippen molar-refractivity contribution in [1.29, 1.82) is 0 Å². The van der Waals surface area contributed by atoms with E-state index < -0.39 is 0 Å². The number of nitrogens with one attached hydrogen (secondary N) is 2. The Kier molecular flexibility index (Phi) is 3.46. The van der Waals surface area contributed by atoms with Crippen LogP contribution in [0.15, 0.2) is 12.3 Å². The second-order valence-corrected chi connectivity index (χ2v) is 4.00. The molecule has 1 fully saturated rings. The van der Waals surface area contributed by atoms with Crippen molar-refractivity contribution >= 4 is 5.91 Å². The van der Waals surface area contributed by atoms with Gasteiger partial charge in [-0.3, -0.25) is 4.79 Å². The summed E-state index contributed by atoms with van der Waals surface area (Å²) in [5.41, 5.74) is 0.854. The molecule has 1 aromatic rings. The van der Waals surface area contributed by atoms with E-state index in [0.717, 1.165) is 31.0 Å². The van der Waals surface area contributed by atoms with Crippen LogP contribution >= 0.6 is 0 Å². The van der Waals surface area contributed by atoms with Crippen LogP contribution in [0.4, 0.5) is 0 Å². The van der Waals surface area contributed by atoms with Gasteiger partial charge in [-0.1, -0.05) is 0 Å². The zero-order valence-corrected chi connectivity index (χ0v) is 9.36. The van der Waals surface area contributed by atoms with Crippen LogP contribution in [0.3, 0.4) is 0 Å². The molecule has 5 heteroatoms. The molecule has 0 saturated carbocycles. The predicted octanol–water partition coefficient (Wildman–Crippen LogP) is 0.0107. The largest absolute Gasteiger partial charge is 0.350 e. The summed E-state index contributed by atoms with van der Waals surface area (Å²) in [4.78, 5) is 19.9. The summed E-state index contributed by atoms with van der Waals surface area (Å²) in [5.74, 6) is 0.957. The van der Waals surface area contributed by atoms with Gasteiger partial charge in [0.1, 0.15) is 5.82 Å². The number of rotatable bonds is 3. The van der Waals surface area contributed by atoms with Crippen LogP contribution in [0.2, 0.25) is 0 Å². The number of hydrogen-bond donors (Lipinski definition) is 2. The number of aryl methyl sites for hydroxylation is 1. The monoisotopic (exact) mass is 220 g/mol. The second kappa shape index (κ2) is 5.03. The minimum Gasteiger partial charge on any atom is -0.350 e. The van der Waals surface area contributed by atoms with Gasteiger partial charge in [-0.25, -0.2) is 9.97 Å². The maximum absolute atomic E-state index is 11.7. The molecule has 2 heterocycles. The molecule has 86 valence electrons. The molecule has 1 aromatic heterocycles. The first-order valence-corrected chi connectivity index (χ1v) is 5.52. The Labute approximate surface area is 94.7 Å². The van der Waals surface area contributed by atoms with E-state index >= 15 is 0 Å². The van der Waals surface area contributed by atoms with Gasteiger partial charge in [-0.2, -0.15) is 0 Å². The molecule has 0 radical (unpaired) electrons. The van der Waals surface area contributed by atoms with E-state index in [1.165, 1.54) is 0 Å². The maximum atomic E-state index is 11.7. The van der Waals surface area contributed by atoms with Crippen LogP contribution < -0.4 is 10.6 Å². The average Bonchev–Trinajstić information content (AvgIpc) is 2.79. The Bertz CT molecular complexity index is 374. The van der Waals surface area contributed by atoms with E-state index in [1.54, 1.807) is 6.20 Å². The topological polar surface area (TPSA) is 66.9 Å².